The minimum absolute atomic E-state index is 0.106. The van der Waals surface area contributed by atoms with E-state index in [0.717, 1.165) is 96.3 Å². The molecule has 19 heteroatoms. The Labute approximate surface area is 517 Å². The van der Waals surface area contributed by atoms with Gasteiger partial charge >= 0.3 is 39.5 Å². The van der Waals surface area contributed by atoms with Gasteiger partial charge in [-0.05, 0) is 25.7 Å². The molecule has 0 heterocycles. The number of phosphoric ester groups is 2. The first-order valence-electron chi connectivity index (χ1n) is 34.8. The van der Waals surface area contributed by atoms with Crippen molar-refractivity contribution in [2.75, 3.05) is 39.6 Å². The van der Waals surface area contributed by atoms with E-state index in [4.69, 9.17) is 37.0 Å². The summed E-state index contributed by atoms with van der Waals surface area (Å²) in [5, 5.41) is 10.5. The second kappa shape index (κ2) is 60.9. The molecule has 5 atom stereocenters. The fourth-order valence-electron chi connectivity index (χ4n) is 9.99. The van der Waals surface area contributed by atoms with Crippen LogP contribution in [0.1, 0.15) is 342 Å². The molecule has 0 aliphatic heterocycles. The van der Waals surface area contributed by atoms with E-state index in [1.165, 1.54) is 167 Å². The SMILES string of the molecule is CCCCCCCCCCCCCCCCCCCCC(=O)O[C@H](COC(=O)CCCCCCCCCCCCC)COP(=O)(O)OC[C@@H](O)COP(=O)(O)OC[C@@H](COC(=O)CCCCCCC)OC(=O)CCCCCCCCCCCCC. The molecule has 0 aliphatic carbocycles. The number of aliphatic hydroxyl groups is 1. The van der Waals surface area contributed by atoms with Crippen LogP contribution < -0.4 is 0 Å². The van der Waals surface area contributed by atoms with Crippen molar-refractivity contribution < 1.29 is 80.2 Å². The van der Waals surface area contributed by atoms with Gasteiger partial charge in [0, 0.05) is 25.7 Å². The van der Waals surface area contributed by atoms with Crippen molar-refractivity contribution >= 4 is 39.5 Å². The number of carbonyl (C=O) groups excluding carboxylic acids is 4. The van der Waals surface area contributed by atoms with Crippen LogP contribution >= 0.6 is 15.6 Å². The average molecular weight is 1260 g/mol. The van der Waals surface area contributed by atoms with Crippen molar-refractivity contribution in [3.8, 4) is 0 Å². The number of esters is 4. The maximum absolute atomic E-state index is 13.0. The first-order valence-corrected chi connectivity index (χ1v) is 37.8. The third kappa shape index (κ3) is 60.7. The molecule has 2 unspecified atom stereocenters. The van der Waals surface area contributed by atoms with E-state index in [1.54, 1.807) is 0 Å². The highest BCUT2D eigenvalue weighted by Gasteiger charge is 2.30. The first kappa shape index (κ1) is 83.1. The molecular weight excluding hydrogens is 1130 g/mol. The predicted molar refractivity (Wildman–Crippen MR) is 340 cm³/mol. The summed E-state index contributed by atoms with van der Waals surface area (Å²) in [6, 6.07) is 0. The third-order valence-electron chi connectivity index (χ3n) is 15.4. The smallest absolute Gasteiger partial charge is 0.462 e. The molecule has 0 amide bonds. The van der Waals surface area contributed by atoms with Crippen LogP contribution in [0.25, 0.3) is 0 Å². The summed E-state index contributed by atoms with van der Waals surface area (Å²) in [4.78, 5) is 72.0. The van der Waals surface area contributed by atoms with Gasteiger partial charge in [0.1, 0.15) is 19.3 Å². The highest BCUT2D eigenvalue weighted by atomic mass is 31.2. The van der Waals surface area contributed by atoms with Crippen LogP contribution in [0.5, 0.6) is 0 Å². The summed E-state index contributed by atoms with van der Waals surface area (Å²) >= 11 is 0. The maximum Gasteiger partial charge on any atom is 0.472 e. The molecule has 0 saturated heterocycles. The summed E-state index contributed by atoms with van der Waals surface area (Å²) in [7, 11) is -9.88. The van der Waals surface area contributed by atoms with Crippen molar-refractivity contribution in [2.45, 2.75) is 361 Å². The predicted octanol–water partition coefficient (Wildman–Crippen LogP) is 18.7. The third-order valence-corrected chi connectivity index (χ3v) is 17.3. The van der Waals surface area contributed by atoms with Crippen molar-refractivity contribution in [3.63, 3.8) is 0 Å². The molecule has 0 rings (SSSR count). The van der Waals surface area contributed by atoms with Gasteiger partial charge in [-0.2, -0.15) is 0 Å². The molecular formula is C66H128O17P2. The molecule has 0 aromatic carbocycles. The van der Waals surface area contributed by atoms with Gasteiger partial charge in [-0.25, -0.2) is 9.13 Å². The van der Waals surface area contributed by atoms with Crippen LogP contribution in [-0.2, 0) is 65.4 Å². The van der Waals surface area contributed by atoms with Gasteiger partial charge in [0.25, 0.3) is 0 Å². The summed E-state index contributed by atoms with van der Waals surface area (Å²) < 4.78 is 67.9. The van der Waals surface area contributed by atoms with Gasteiger partial charge in [-0.1, -0.05) is 291 Å². The Morgan fingerprint density at radius 3 is 0.694 bits per heavy atom. The van der Waals surface area contributed by atoms with Gasteiger partial charge in [0.05, 0.1) is 26.4 Å². The molecule has 0 bridgehead atoms. The normalized spacial score (nSPS) is 14.1. The molecule has 504 valence electrons. The van der Waals surface area contributed by atoms with Crippen LogP contribution in [0, 0.1) is 0 Å². The largest absolute Gasteiger partial charge is 0.472 e. The zero-order valence-electron chi connectivity index (χ0n) is 54.6. The molecule has 85 heavy (non-hydrogen) atoms. The lowest BCUT2D eigenvalue weighted by Gasteiger charge is -2.21. The van der Waals surface area contributed by atoms with E-state index in [-0.39, 0.29) is 25.7 Å². The first-order chi connectivity index (χ1) is 41.2. The monoisotopic (exact) mass is 1250 g/mol. The number of hydrogen-bond donors (Lipinski definition) is 3. The Balaban J connectivity index is 5.13. The molecule has 0 spiro atoms. The van der Waals surface area contributed by atoms with Crippen LogP contribution in [0.2, 0.25) is 0 Å². The fraction of sp³-hybridized carbons (Fsp3) is 0.939. The minimum atomic E-state index is -4.94. The molecule has 3 N–H and O–H groups in total. The Kier molecular flexibility index (Phi) is 59.6. The van der Waals surface area contributed by atoms with Gasteiger partial charge in [-0.3, -0.25) is 37.3 Å². The highest BCUT2D eigenvalue weighted by molar-refractivity contribution is 7.47. The lowest BCUT2D eigenvalue weighted by molar-refractivity contribution is -0.161. The van der Waals surface area contributed by atoms with Gasteiger partial charge in [0.2, 0.25) is 0 Å². The Bertz CT molecular complexity index is 1640. The van der Waals surface area contributed by atoms with Crippen molar-refractivity contribution in [2.24, 2.45) is 0 Å². The maximum atomic E-state index is 13.0. The number of rotatable bonds is 67. The van der Waals surface area contributed by atoms with E-state index >= 15 is 0 Å². The molecule has 0 radical (unpaired) electrons. The minimum Gasteiger partial charge on any atom is -0.462 e. The molecule has 17 nitrogen and oxygen atoms in total. The Morgan fingerprint density at radius 2 is 0.471 bits per heavy atom. The summed E-state index contributed by atoms with van der Waals surface area (Å²) in [6.45, 7) is 4.82. The second-order valence-electron chi connectivity index (χ2n) is 23.9. The van der Waals surface area contributed by atoms with Crippen LogP contribution in [0.3, 0.4) is 0 Å². The average Bonchev–Trinajstić information content (AvgIpc) is 3.49. The number of hydrogen-bond acceptors (Lipinski definition) is 15. The Hall–Kier alpha value is -1.94. The van der Waals surface area contributed by atoms with Crippen molar-refractivity contribution in [1.29, 1.82) is 0 Å². The van der Waals surface area contributed by atoms with Gasteiger partial charge in [-0.15, -0.1) is 0 Å². The molecule has 0 aromatic rings. The van der Waals surface area contributed by atoms with E-state index < -0.39 is 97.5 Å². The Morgan fingerprint density at radius 1 is 0.282 bits per heavy atom. The van der Waals surface area contributed by atoms with Crippen LogP contribution in [0.15, 0.2) is 0 Å². The van der Waals surface area contributed by atoms with Gasteiger partial charge in [0.15, 0.2) is 12.2 Å². The molecule has 0 saturated carbocycles. The van der Waals surface area contributed by atoms with Gasteiger partial charge < -0.3 is 33.8 Å². The zero-order chi connectivity index (χ0) is 62.6. The van der Waals surface area contributed by atoms with E-state index in [0.29, 0.717) is 25.7 Å². The highest BCUT2D eigenvalue weighted by Crippen LogP contribution is 2.45. The van der Waals surface area contributed by atoms with Crippen molar-refractivity contribution in [1.82, 2.24) is 0 Å². The fourth-order valence-corrected chi connectivity index (χ4v) is 11.6. The van der Waals surface area contributed by atoms with E-state index in [2.05, 4.69) is 27.7 Å². The lowest BCUT2D eigenvalue weighted by Crippen LogP contribution is -2.30. The summed E-state index contributed by atoms with van der Waals surface area (Å²) in [5.41, 5.74) is 0. The van der Waals surface area contributed by atoms with Crippen LogP contribution in [0.4, 0.5) is 0 Å². The standard InChI is InChI=1S/C66H128O17P2/c1-5-9-13-17-20-23-26-27-28-29-30-31-32-35-38-41-45-49-53-66(71)83-62(57-77-64(69)51-47-43-39-36-33-24-21-18-14-10-6-2)59-81-85(74,75)79-55-60(67)54-78-84(72,73)80-58-61(56-76-63(68)50-46-42-16-12-8-4)82-65(70)52-48-44-40-37-34-25-22-19-15-11-7-3/h60-62,67H,5-59H2,1-4H3,(H,72,73)(H,74,75)/t60-,61+,62+/m0/s1. The lowest BCUT2D eigenvalue weighted by atomic mass is 10.0. The second-order valence-corrected chi connectivity index (χ2v) is 26.8. The molecule has 0 aliphatic rings. The van der Waals surface area contributed by atoms with Crippen molar-refractivity contribution in [3.05, 3.63) is 0 Å². The summed E-state index contributed by atoms with van der Waals surface area (Å²) in [5.74, 6) is -2.14. The summed E-state index contributed by atoms with van der Waals surface area (Å²) in [6.07, 6.45) is 47.5. The van der Waals surface area contributed by atoms with E-state index in [9.17, 15) is 43.2 Å². The number of aliphatic hydroxyl groups excluding tert-OH is 1. The quantitative estimate of drug-likeness (QED) is 0.0222. The number of ether oxygens (including phenoxy) is 4. The van der Waals surface area contributed by atoms with Crippen LogP contribution in [-0.4, -0.2) is 96.7 Å². The number of unbranched alkanes of at least 4 members (excludes halogenated alkanes) is 41. The molecule has 0 aromatic heterocycles. The number of phosphoric acid groups is 2. The topological polar surface area (TPSA) is 237 Å². The zero-order valence-corrected chi connectivity index (χ0v) is 56.4. The van der Waals surface area contributed by atoms with E-state index in [1.807, 2.05) is 0 Å². The molecule has 0 fully saturated rings. The number of carbonyl (C=O) groups is 4.